The van der Waals surface area contributed by atoms with Crippen LogP contribution in [0.5, 0.6) is 0 Å². The Morgan fingerprint density at radius 3 is 2.56 bits per heavy atom. The number of nitrogens with one attached hydrogen (secondary N) is 1. The summed E-state index contributed by atoms with van der Waals surface area (Å²) in [6, 6.07) is 6.56. The van der Waals surface area contributed by atoms with E-state index < -0.39 is 6.10 Å². The molecule has 0 spiro atoms. The lowest BCUT2D eigenvalue weighted by Crippen LogP contribution is -2.33. The Bertz CT molecular complexity index is 421. The maximum atomic E-state index is 11.9. The highest BCUT2D eigenvalue weighted by molar-refractivity contribution is 6.30. The van der Waals surface area contributed by atoms with Gasteiger partial charge in [0.15, 0.2) is 0 Å². The number of amides is 1. The minimum Gasteiger partial charge on any atom is -0.396 e. The van der Waals surface area contributed by atoms with E-state index >= 15 is 0 Å². The van der Waals surface area contributed by atoms with Crippen molar-refractivity contribution in [3.63, 3.8) is 0 Å². The average Bonchev–Trinajstić information content (AvgIpc) is 2.70. The van der Waals surface area contributed by atoms with Gasteiger partial charge in [-0.3, -0.25) is 4.79 Å². The SMILES string of the molecule is O=C(NC1CC(O)C(CO)C1)c1ccc(Cl)cc1. The van der Waals surface area contributed by atoms with Gasteiger partial charge in [-0.2, -0.15) is 0 Å². The molecule has 3 unspecified atom stereocenters. The molecule has 1 aliphatic carbocycles. The predicted octanol–water partition coefficient (Wildman–Crippen LogP) is 1.20. The van der Waals surface area contributed by atoms with E-state index in [9.17, 15) is 9.90 Å². The van der Waals surface area contributed by atoms with Crippen LogP contribution in [0.1, 0.15) is 23.2 Å². The standard InChI is InChI=1S/C13H16ClNO3/c14-10-3-1-8(2-4-10)13(18)15-11-5-9(7-16)12(17)6-11/h1-4,9,11-12,16-17H,5-7H2,(H,15,18). The molecule has 18 heavy (non-hydrogen) atoms. The number of rotatable bonds is 3. The highest BCUT2D eigenvalue weighted by atomic mass is 35.5. The van der Waals surface area contributed by atoms with E-state index in [1.165, 1.54) is 0 Å². The van der Waals surface area contributed by atoms with E-state index in [1.807, 2.05) is 0 Å². The van der Waals surface area contributed by atoms with E-state index in [1.54, 1.807) is 24.3 Å². The average molecular weight is 270 g/mol. The van der Waals surface area contributed by atoms with Crippen molar-refractivity contribution in [1.29, 1.82) is 0 Å². The predicted molar refractivity (Wildman–Crippen MR) is 68.5 cm³/mol. The van der Waals surface area contributed by atoms with Crippen LogP contribution in [-0.2, 0) is 0 Å². The fourth-order valence-electron chi connectivity index (χ4n) is 2.29. The summed E-state index contributed by atoms with van der Waals surface area (Å²) < 4.78 is 0. The second kappa shape index (κ2) is 5.69. The van der Waals surface area contributed by atoms with Crippen LogP contribution in [0.3, 0.4) is 0 Å². The molecule has 1 saturated carbocycles. The Hall–Kier alpha value is -1.10. The van der Waals surface area contributed by atoms with Gasteiger partial charge in [-0.25, -0.2) is 0 Å². The molecule has 0 aliphatic heterocycles. The molecule has 0 saturated heterocycles. The van der Waals surface area contributed by atoms with Crippen molar-refractivity contribution < 1.29 is 15.0 Å². The Labute approximate surface area is 111 Å². The molecule has 1 aromatic rings. The molecule has 1 fully saturated rings. The third-order valence-corrected chi connectivity index (χ3v) is 3.59. The lowest BCUT2D eigenvalue weighted by molar-refractivity contribution is 0.0903. The van der Waals surface area contributed by atoms with Crippen molar-refractivity contribution in [1.82, 2.24) is 5.32 Å². The molecule has 0 heterocycles. The maximum Gasteiger partial charge on any atom is 0.251 e. The summed E-state index contributed by atoms with van der Waals surface area (Å²) in [5.74, 6) is -0.317. The lowest BCUT2D eigenvalue weighted by atomic mass is 10.1. The summed E-state index contributed by atoms with van der Waals surface area (Å²) in [5.41, 5.74) is 0.543. The monoisotopic (exact) mass is 269 g/mol. The third kappa shape index (κ3) is 3.02. The Morgan fingerprint density at radius 2 is 2.00 bits per heavy atom. The summed E-state index contributed by atoms with van der Waals surface area (Å²) in [6.45, 7) is -0.0471. The lowest BCUT2D eigenvalue weighted by Gasteiger charge is -2.12. The van der Waals surface area contributed by atoms with Crippen molar-refractivity contribution in [3.8, 4) is 0 Å². The Balaban J connectivity index is 1.94. The molecule has 1 aromatic carbocycles. The number of aliphatic hydroxyl groups is 2. The molecule has 4 nitrogen and oxygen atoms in total. The number of aliphatic hydroxyl groups excluding tert-OH is 2. The molecule has 3 N–H and O–H groups in total. The first-order valence-corrected chi connectivity index (χ1v) is 6.33. The number of benzene rings is 1. The minimum atomic E-state index is -0.537. The van der Waals surface area contributed by atoms with Gasteiger partial charge >= 0.3 is 0 Å². The van der Waals surface area contributed by atoms with E-state index in [2.05, 4.69) is 5.32 Å². The summed E-state index contributed by atoms with van der Waals surface area (Å²) in [7, 11) is 0. The van der Waals surface area contributed by atoms with E-state index in [-0.39, 0.29) is 24.5 Å². The summed E-state index contributed by atoms with van der Waals surface area (Å²) in [5, 5.41) is 22.1. The van der Waals surface area contributed by atoms with Crippen molar-refractivity contribution >= 4 is 17.5 Å². The van der Waals surface area contributed by atoms with E-state index in [0.717, 1.165) is 0 Å². The van der Waals surface area contributed by atoms with Crippen LogP contribution in [0, 0.1) is 5.92 Å². The molecule has 1 amide bonds. The largest absolute Gasteiger partial charge is 0.396 e. The van der Waals surface area contributed by atoms with Crippen LogP contribution in [0.4, 0.5) is 0 Å². The molecule has 0 bridgehead atoms. The Morgan fingerprint density at radius 1 is 1.33 bits per heavy atom. The molecule has 98 valence electrons. The highest BCUT2D eigenvalue weighted by Crippen LogP contribution is 2.25. The van der Waals surface area contributed by atoms with Crippen LogP contribution in [0.15, 0.2) is 24.3 Å². The van der Waals surface area contributed by atoms with Gasteiger partial charge in [0.25, 0.3) is 5.91 Å². The van der Waals surface area contributed by atoms with Crippen LogP contribution in [0.25, 0.3) is 0 Å². The van der Waals surface area contributed by atoms with Crippen molar-refractivity contribution in [2.75, 3.05) is 6.61 Å². The zero-order valence-corrected chi connectivity index (χ0v) is 10.6. The number of carbonyl (C=O) groups excluding carboxylic acids is 1. The van der Waals surface area contributed by atoms with Gasteiger partial charge in [-0.1, -0.05) is 11.6 Å². The summed E-state index contributed by atoms with van der Waals surface area (Å²) in [6.07, 6.45) is 0.562. The second-order valence-corrected chi connectivity index (χ2v) is 5.10. The van der Waals surface area contributed by atoms with Crippen LogP contribution in [-0.4, -0.2) is 34.9 Å². The van der Waals surface area contributed by atoms with Gasteiger partial charge < -0.3 is 15.5 Å². The smallest absolute Gasteiger partial charge is 0.251 e. The number of hydrogen-bond acceptors (Lipinski definition) is 3. The first kappa shape index (κ1) is 13.3. The summed E-state index contributed by atoms with van der Waals surface area (Å²) >= 11 is 5.75. The number of halogens is 1. The van der Waals surface area contributed by atoms with Gasteiger partial charge in [0.1, 0.15) is 0 Å². The zero-order chi connectivity index (χ0) is 13.1. The first-order chi connectivity index (χ1) is 8.60. The molecule has 0 radical (unpaired) electrons. The van der Waals surface area contributed by atoms with Gasteiger partial charge in [0.2, 0.25) is 0 Å². The fraction of sp³-hybridized carbons (Fsp3) is 0.462. The van der Waals surface area contributed by atoms with E-state index in [4.69, 9.17) is 16.7 Å². The number of carbonyl (C=O) groups is 1. The van der Waals surface area contributed by atoms with Crippen LogP contribution in [0.2, 0.25) is 5.02 Å². The molecule has 3 atom stereocenters. The molecule has 2 rings (SSSR count). The quantitative estimate of drug-likeness (QED) is 0.772. The van der Waals surface area contributed by atoms with Gasteiger partial charge in [-0.05, 0) is 37.1 Å². The zero-order valence-electron chi connectivity index (χ0n) is 9.84. The molecule has 0 aromatic heterocycles. The first-order valence-electron chi connectivity index (χ1n) is 5.95. The van der Waals surface area contributed by atoms with Crippen molar-refractivity contribution in [2.24, 2.45) is 5.92 Å². The molecule has 5 heteroatoms. The number of hydrogen-bond donors (Lipinski definition) is 3. The highest BCUT2D eigenvalue weighted by Gasteiger charge is 2.33. The Kier molecular flexibility index (Phi) is 4.22. The fourth-order valence-corrected chi connectivity index (χ4v) is 2.41. The third-order valence-electron chi connectivity index (χ3n) is 3.33. The second-order valence-electron chi connectivity index (χ2n) is 4.66. The van der Waals surface area contributed by atoms with Crippen molar-refractivity contribution in [2.45, 2.75) is 25.0 Å². The van der Waals surface area contributed by atoms with Gasteiger partial charge in [-0.15, -0.1) is 0 Å². The minimum absolute atomic E-state index is 0.0471. The van der Waals surface area contributed by atoms with Gasteiger partial charge in [0, 0.05) is 29.2 Å². The van der Waals surface area contributed by atoms with E-state index in [0.29, 0.717) is 23.4 Å². The summed E-state index contributed by atoms with van der Waals surface area (Å²) in [4.78, 5) is 11.9. The molecular formula is C13H16ClNO3. The molecular weight excluding hydrogens is 254 g/mol. The van der Waals surface area contributed by atoms with Gasteiger partial charge in [0.05, 0.1) is 6.10 Å². The topological polar surface area (TPSA) is 69.6 Å². The maximum absolute atomic E-state index is 11.9. The molecule has 1 aliphatic rings. The van der Waals surface area contributed by atoms with Crippen LogP contribution >= 0.6 is 11.6 Å². The normalized spacial score (nSPS) is 27.2. The van der Waals surface area contributed by atoms with Crippen LogP contribution < -0.4 is 5.32 Å². The van der Waals surface area contributed by atoms with Crippen molar-refractivity contribution in [3.05, 3.63) is 34.9 Å².